The molecule has 2 rings (SSSR count). The Kier molecular flexibility index (Phi) is 5.73. The summed E-state index contributed by atoms with van der Waals surface area (Å²) in [5, 5.41) is 7.90. The van der Waals surface area contributed by atoms with Crippen LogP contribution < -0.4 is 16.0 Å². The largest absolute Gasteiger partial charge is 0.459 e. The molecule has 0 saturated heterocycles. The number of anilines is 1. The third-order valence-corrected chi connectivity index (χ3v) is 3.24. The van der Waals surface area contributed by atoms with Crippen LogP contribution in [-0.2, 0) is 4.79 Å². The topological polar surface area (TPSA) is 100 Å². The molecule has 0 spiro atoms. The van der Waals surface area contributed by atoms with Gasteiger partial charge in [-0.2, -0.15) is 0 Å². The van der Waals surface area contributed by atoms with Crippen molar-refractivity contribution in [1.29, 1.82) is 0 Å². The summed E-state index contributed by atoms with van der Waals surface area (Å²) in [4.78, 5) is 35.6. The van der Waals surface area contributed by atoms with Crippen molar-refractivity contribution in [1.82, 2.24) is 10.6 Å². The van der Waals surface area contributed by atoms with Crippen LogP contribution in [0.4, 0.5) is 5.69 Å². The van der Waals surface area contributed by atoms with E-state index in [-0.39, 0.29) is 23.5 Å². The summed E-state index contributed by atoms with van der Waals surface area (Å²) in [5.41, 5.74) is 0.923. The minimum absolute atomic E-state index is 0.201. The van der Waals surface area contributed by atoms with E-state index in [1.54, 1.807) is 43.3 Å². The number of furan rings is 1. The van der Waals surface area contributed by atoms with E-state index in [2.05, 4.69) is 16.0 Å². The van der Waals surface area contributed by atoms with Gasteiger partial charge in [0.1, 0.15) is 6.04 Å². The molecule has 24 heavy (non-hydrogen) atoms. The number of carbonyl (C=O) groups is 3. The number of benzene rings is 1. The first kappa shape index (κ1) is 17.3. The highest BCUT2D eigenvalue weighted by Gasteiger charge is 2.16. The molecule has 1 aromatic carbocycles. The summed E-state index contributed by atoms with van der Waals surface area (Å²) in [7, 11) is 0. The summed E-state index contributed by atoms with van der Waals surface area (Å²) < 4.78 is 5.00. The minimum Gasteiger partial charge on any atom is -0.459 e. The van der Waals surface area contributed by atoms with Crippen LogP contribution in [0.1, 0.15) is 34.8 Å². The van der Waals surface area contributed by atoms with Gasteiger partial charge in [0.2, 0.25) is 5.91 Å². The van der Waals surface area contributed by atoms with Gasteiger partial charge in [0.05, 0.1) is 6.26 Å². The van der Waals surface area contributed by atoms with Crippen LogP contribution >= 0.6 is 0 Å². The Morgan fingerprint density at radius 2 is 1.79 bits per heavy atom. The molecule has 126 valence electrons. The molecule has 2 aromatic rings. The lowest BCUT2D eigenvalue weighted by molar-refractivity contribution is -0.122. The fourth-order valence-electron chi connectivity index (χ4n) is 1.98. The summed E-state index contributed by atoms with van der Waals surface area (Å²) in [5.74, 6) is -0.777. The van der Waals surface area contributed by atoms with Crippen molar-refractivity contribution in [3.63, 3.8) is 0 Å². The molecule has 1 aromatic heterocycles. The quantitative estimate of drug-likeness (QED) is 0.752. The van der Waals surface area contributed by atoms with Gasteiger partial charge in [-0.05, 0) is 50.2 Å². The maximum atomic E-state index is 12.1. The zero-order valence-electron chi connectivity index (χ0n) is 13.5. The highest BCUT2D eigenvalue weighted by molar-refractivity contribution is 6.03. The van der Waals surface area contributed by atoms with Crippen LogP contribution in [0.5, 0.6) is 0 Å². The average molecular weight is 329 g/mol. The van der Waals surface area contributed by atoms with Gasteiger partial charge in [0, 0.05) is 17.8 Å². The maximum Gasteiger partial charge on any atom is 0.291 e. The van der Waals surface area contributed by atoms with Crippen molar-refractivity contribution in [3.8, 4) is 0 Å². The molecule has 0 aliphatic carbocycles. The van der Waals surface area contributed by atoms with Crippen LogP contribution in [0.25, 0.3) is 0 Å². The van der Waals surface area contributed by atoms with Crippen molar-refractivity contribution >= 4 is 23.4 Å². The second kappa shape index (κ2) is 7.96. The molecular formula is C17H19N3O4. The molecule has 0 saturated carbocycles. The first-order valence-corrected chi connectivity index (χ1v) is 7.54. The number of hydrogen-bond acceptors (Lipinski definition) is 4. The fourth-order valence-corrected chi connectivity index (χ4v) is 1.98. The predicted octanol–water partition coefficient (Wildman–Crippen LogP) is 1.79. The zero-order valence-corrected chi connectivity index (χ0v) is 13.5. The summed E-state index contributed by atoms with van der Waals surface area (Å²) in [6.07, 6.45) is 1.41. The average Bonchev–Trinajstić information content (AvgIpc) is 3.10. The smallest absolute Gasteiger partial charge is 0.291 e. The van der Waals surface area contributed by atoms with Crippen LogP contribution in [0, 0.1) is 0 Å². The van der Waals surface area contributed by atoms with Crippen molar-refractivity contribution in [2.45, 2.75) is 19.9 Å². The van der Waals surface area contributed by atoms with Crippen molar-refractivity contribution in [2.24, 2.45) is 0 Å². The van der Waals surface area contributed by atoms with Gasteiger partial charge in [0.15, 0.2) is 5.76 Å². The number of amides is 3. The Labute approximate surface area is 139 Å². The van der Waals surface area contributed by atoms with Gasteiger partial charge in [-0.3, -0.25) is 14.4 Å². The molecule has 3 N–H and O–H groups in total. The molecule has 0 radical (unpaired) electrons. The summed E-state index contributed by atoms with van der Waals surface area (Å²) in [6, 6.07) is 8.89. The number of carbonyl (C=O) groups excluding carboxylic acids is 3. The van der Waals surface area contributed by atoms with E-state index >= 15 is 0 Å². The second-order valence-corrected chi connectivity index (χ2v) is 5.10. The third kappa shape index (κ3) is 4.45. The lowest BCUT2D eigenvalue weighted by atomic mass is 10.1. The number of rotatable bonds is 6. The Bertz CT molecular complexity index is 708. The van der Waals surface area contributed by atoms with Gasteiger partial charge in [-0.25, -0.2) is 0 Å². The van der Waals surface area contributed by atoms with E-state index in [0.717, 1.165) is 0 Å². The Morgan fingerprint density at radius 3 is 2.38 bits per heavy atom. The highest BCUT2D eigenvalue weighted by atomic mass is 16.3. The lowest BCUT2D eigenvalue weighted by Crippen LogP contribution is -2.44. The molecule has 1 atom stereocenters. The number of hydrogen-bond donors (Lipinski definition) is 3. The highest BCUT2D eigenvalue weighted by Crippen LogP contribution is 2.12. The van der Waals surface area contributed by atoms with Gasteiger partial charge < -0.3 is 20.4 Å². The van der Waals surface area contributed by atoms with E-state index in [1.807, 2.05) is 6.92 Å². The molecule has 0 aliphatic heterocycles. The number of nitrogens with one attached hydrogen (secondary N) is 3. The van der Waals surface area contributed by atoms with Crippen molar-refractivity contribution in [2.75, 3.05) is 11.9 Å². The van der Waals surface area contributed by atoms with E-state index < -0.39 is 6.04 Å². The van der Waals surface area contributed by atoms with Crippen LogP contribution in [0.2, 0.25) is 0 Å². The standard InChI is InChI=1S/C17H19N3O4/c1-3-18-15(21)11(2)19-16(22)12-6-8-13(9-7-12)20-17(23)14-5-4-10-24-14/h4-11H,3H2,1-2H3,(H,18,21)(H,19,22)(H,20,23)/t11-/m0/s1. The van der Waals surface area contributed by atoms with Gasteiger partial charge in [0.25, 0.3) is 11.8 Å². The Balaban J connectivity index is 1.95. The van der Waals surface area contributed by atoms with Crippen molar-refractivity contribution in [3.05, 3.63) is 54.0 Å². The van der Waals surface area contributed by atoms with Crippen molar-refractivity contribution < 1.29 is 18.8 Å². The molecule has 0 fully saturated rings. The van der Waals surface area contributed by atoms with Gasteiger partial charge >= 0.3 is 0 Å². The second-order valence-electron chi connectivity index (χ2n) is 5.10. The third-order valence-electron chi connectivity index (χ3n) is 3.24. The molecule has 0 bridgehead atoms. The van der Waals surface area contributed by atoms with Gasteiger partial charge in [-0.1, -0.05) is 0 Å². The van der Waals surface area contributed by atoms with Gasteiger partial charge in [-0.15, -0.1) is 0 Å². The normalized spacial score (nSPS) is 11.4. The Hall–Kier alpha value is -3.09. The van der Waals surface area contributed by atoms with E-state index in [1.165, 1.54) is 6.26 Å². The van der Waals surface area contributed by atoms with Crippen LogP contribution in [-0.4, -0.2) is 30.3 Å². The molecule has 7 heteroatoms. The number of likely N-dealkylation sites (N-methyl/N-ethyl adjacent to an activating group) is 1. The molecule has 0 aliphatic rings. The summed E-state index contributed by atoms with van der Waals surface area (Å²) >= 11 is 0. The van der Waals surface area contributed by atoms with Crippen LogP contribution in [0.3, 0.4) is 0 Å². The molecule has 1 heterocycles. The zero-order chi connectivity index (χ0) is 17.5. The summed E-state index contributed by atoms with van der Waals surface area (Å²) in [6.45, 7) is 3.92. The first-order chi connectivity index (χ1) is 11.5. The lowest BCUT2D eigenvalue weighted by Gasteiger charge is -2.13. The SMILES string of the molecule is CCNC(=O)[C@H](C)NC(=O)c1ccc(NC(=O)c2ccco2)cc1. The van der Waals surface area contributed by atoms with E-state index in [0.29, 0.717) is 17.8 Å². The molecule has 3 amide bonds. The first-order valence-electron chi connectivity index (χ1n) is 7.54. The molecular weight excluding hydrogens is 310 g/mol. The fraction of sp³-hybridized carbons (Fsp3) is 0.235. The monoisotopic (exact) mass is 329 g/mol. The maximum absolute atomic E-state index is 12.1. The predicted molar refractivity (Wildman–Crippen MR) is 88.7 cm³/mol. The van der Waals surface area contributed by atoms with E-state index in [4.69, 9.17) is 4.42 Å². The molecule has 0 unspecified atom stereocenters. The minimum atomic E-state index is -0.629. The Morgan fingerprint density at radius 1 is 1.08 bits per heavy atom. The van der Waals surface area contributed by atoms with Crippen LogP contribution in [0.15, 0.2) is 47.1 Å². The molecule has 7 nitrogen and oxygen atoms in total. The van der Waals surface area contributed by atoms with E-state index in [9.17, 15) is 14.4 Å².